The first kappa shape index (κ1) is 21.8. The Morgan fingerprint density at radius 3 is 2.56 bits per heavy atom. The third-order valence-electron chi connectivity index (χ3n) is 6.10. The second-order valence-electron chi connectivity index (χ2n) is 8.66. The van der Waals surface area contributed by atoms with E-state index in [0.717, 1.165) is 42.2 Å². The van der Waals surface area contributed by atoms with Crippen molar-refractivity contribution in [2.75, 3.05) is 10.6 Å². The molecule has 1 amide bonds. The summed E-state index contributed by atoms with van der Waals surface area (Å²) in [4.78, 5) is 38.3. The average molecular weight is 455 g/mol. The Morgan fingerprint density at radius 2 is 1.85 bits per heavy atom. The van der Waals surface area contributed by atoms with Crippen LogP contribution in [0.4, 0.5) is 17.5 Å². The van der Waals surface area contributed by atoms with Crippen LogP contribution < -0.4 is 16.2 Å². The van der Waals surface area contributed by atoms with Crippen molar-refractivity contribution in [2.24, 2.45) is 0 Å². The zero-order chi connectivity index (χ0) is 23.5. The summed E-state index contributed by atoms with van der Waals surface area (Å²) in [7, 11) is 0. The summed E-state index contributed by atoms with van der Waals surface area (Å²) in [5.74, 6) is 0.759. The molecule has 3 heterocycles. The van der Waals surface area contributed by atoms with Gasteiger partial charge in [0.1, 0.15) is 11.5 Å². The first-order valence-electron chi connectivity index (χ1n) is 11.5. The number of rotatable bonds is 6. The molecule has 1 saturated carbocycles. The van der Waals surface area contributed by atoms with Crippen molar-refractivity contribution in [3.63, 3.8) is 0 Å². The van der Waals surface area contributed by atoms with Crippen molar-refractivity contribution < 1.29 is 4.79 Å². The summed E-state index contributed by atoms with van der Waals surface area (Å²) in [6.07, 6.45) is 8.08. The fourth-order valence-electron chi connectivity index (χ4n) is 4.54. The van der Waals surface area contributed by atoms with Crippen molar-refractivity contribution in [3.05, 3.63) is 82.4 Å². The Balaban J connectivity index is 1.51. The highest BCUT2D eigenvalue weighted by atomic mass is 16.1. The Hall–Kier alpha value is -4.07. The van der Waals surface area contributed by atoms with E-state index in [9.17, 15) is 9.59 Å². The minimum absolute atomic E-state index is 0.0192. The second-order valence-corrected chi connectivity index (χ2v) is 8.66. The smallest absolute Gasteiger partial charge is 0.256 e. The number of hydrogen-bond donors (Lipinski definition) is 2. The molecule has 3 aromatic heterocycles. The molecule has 4 aromatic rings. The number of anilines is 3. The van der Waals surface area contributed by atoms with Gasteiger partial charge < -0.3 is 10.6 Å². The van der Waals surface area contributed by atoms with Crippen LogP contribution in [0.25, 0.3) is 11.0 Å². The van der Waals surface area contributed by atoms with E-state index in [4.69, 9.17) is 4.98 Å². The van der Waals surface area contributed by atoms with Crippen LogP contribution in [0, 0.1) is 0 Å². The van der Waals surface area contributed by atoms with Gasteiger partial charge in [-0.3, -0.25) is 14.2 Å². The van der Waals surface area contributed by atoms with Crippen LogP contribution in [0.15, 0.2) is 65.7 Å². The van der Waals surface area contributed by atoms with Gasteiger partial charge in [-0.05, 0) is 36.6 Å². The minimum atomic E-state index is -0.156. The van der Waals surface area contributed by atoms with E-state index >= 15 is 0 Å². The van der Waals surface area contributed by atoms with Gasteiger partial charge in [-0.1, -0.05) is 43.2 Å². The number of aromatic nitrogens is 4. The predicted octanol–water partition coefficient (Wildman–Crippen LogP) is 4.59. The van der Waals surface area contributed by atoms with Gasteiger partial charge in [0.2, 0.25) is 11.9 Å². The molecule has 1 aromatic carbocycles. The highest BCUT2D eigenvalue weighted by Crippen LogP contribution is 2.31. The van der Waals surface area contributed by atoms with E-state index in [1.807, 2.05) is 41.0 Å². The van der Waals surface area contributed by atoms with Crippen LogP contribution in [-0.2, 0) is 11.2 Å². The fraction of sp³-hybridized carbons (Fsp3) is 0.269. The maximum absolute atomic E-state index is 13.6. The number of pyridine rings is 2. The number of nitrogens with zero attached hydrogens (tertiary/aromatic N) is 4. The normalized spacial score (nSPS) is 13.8. The van der Waals surface area contributed by atoms with Gasteiger partial charge in [0.05, 0.1) is 11.9 Å². The lowest BCUT2D eigenvalue weighted by molar-refractivity contribution is -0.114. The van der Waals surface area contributed by atoms with Crippen LogP contribution in [0.3, 0.4) is 0 Å². The summed E-state index contributed by atoms with van der Waals surface area (Å²) in [5, 5.41) is 6.64. The van der Waals surface area contributed by atoms with Crippen molar-refractivity contribution in [1.82, 2.24) is 19.5 Å². The lowest BCUT2D eigenvalue weighted by atomic mass is 10.0. The topological polar surface area (TPSA) is 102 Å². The number of hydrogen-bond acceptors (Lipinski definition) is 6. The van der Waals surface area contributed by atoms with Crippen molar-refractivity contribution in [3.8, 4) is 0 Å². The highest BCUT2D eigenvalue weighted by molar-refractivity contribution is 5.88. The van der Waals surface area contributed by atoms with Gasteiger partial charge in [0.25, 0.3) is 5.56 Å². The van der Waals surface area contributed by atoms with E-state index in [-0.39, 0.29) is 17.5 Å². The van der Waals surface area contributed by atoms with Crippen molar-refractivity contribution in [2.45, 2.75) is 45.1 Å². The summed E-state index contributed by atoms with van der Waals surface area (Å²) in [5.41, 5.74) is 3.13. The van der Waals surface area contributed by atoms with Gasteiger partial charge in [-0.2, -0.15) is 4.98 Å². The molecule has 1 fully saturated rings. The molecular weight excluding hydrogens is 428 g/mol. The Labute approximate surface area is 197 Å². The average Bonchev–Trinajstić information content (AvgIpc) is 3.36. The van der Waals surface area contributed by atoms with Crippen LogP contribution in [0.2, 0.25) is 0 Å². The molecule has 0 atom stereocenters. The first-order chi connectivity index (χ1) is 16.6. The predicted molar refractivity (Wildman–Crippen MR) is 132 cm³/mol. The molecule has 0 saturated heterocycles. The van der Waals surface area contributed by atoms with E-state index in [0.29, 0.717) is 29.5 Å². The molecule has 0 unspecified atom stereocenters. The second kappa shape index (κ2) is 9.43. The van der Waals surface area contributed by atoms with Crippen LogP contribution in [0.1, 0.15) is 49.8 Å². The highest BCUT2D eigenvalue weighted by Gasteiger charge is 2.23. The van der Waals surface area contributed by atoms with E-state index in [1.54, 1.807) is 24.5 Å². The fourth-order valence-corrected chi connectivity index (χ4v) is 4.54. The number of benzene rings is 1. The van der Waals surface area contributed by atoms with Gasteiger partial charge >= 0.3 is 0 Å². The molecule has 8 nitrogen and oxygen atoms in total. The Kier molecular flexibility index (Phi) is 6.03. The summed E-state index contributed by atoms with van der Waals surface area (Å²) < 4.78 is 1.88. The van der Waals surface area contributed by atoms with Crippen molar-refractivity contribution in [1.29, 1.82) is 0 Å². The van der Waals surface area contributed by atoms with Gasteiger partial charge in [0.15, 0.2) is 0 Å². The van der Waals surface area contributed by atoms with E-state index < -0.39 is 0 Å². The number of amides is 1. The molecule has 0 aliphatic heterocycles. The molecular formula is C26H26N6O2. The summed E-state index contributed by atoms with van der Waals surface area (Å²) in [6.45, 7) is 1.45. The third kappa shape index (κ3) is 4.66. The Morgan fingerprint density at radius 1 is 1.06 bits per heavy atom. The van der Waals surface area contributed by atoms with E-state index in [2.05, 4.69) is 20.6 Å². The number of carbonyl (C=O) groups excluding carboxylic acids is 1. The molecule has 34 heavy (non-hydrogen) atoms. The molecule has 1 aliphatic rings. The lowest BCUT2D eigenvalue weighted by Gasteiger charge is -2.18. The molecule has 2 N–H and O–H groups in total. The van der Waals surface area contributed by atoms with Gasteiger partial charge in [-0.15, -0.1) is 0 Å². The molecule has 5 rings (SSSR count). The van der Waals surface area contributed by atoms with Crippen molar-refractivity contribution >= 4 is 34.4 Å². The monoisotopic (exact) mass is 454 g/mol. The minimum Gasteiger partial charge on any atom is -0.325 e. The third-order valence-corrected chi connectivity index (χ3v) is 6.10. The molecule has 8 heteroatoms. The first-order valence-corrected chi connectivity index (χ1v) is 11.5. The molecule has 0 spiro atoms. The number of fused-ring (bicyclic) bond motifs is 1. The van der Waals surface area contributed by atoms with E-state index in [1.165, 1.54) is 6.92 Å². The largest absolute Gasteiger partial charge is 0.325 e. The van der Waals surface area contributed by atoms with Gasteiger partial charge in [0, 0.05) is 36.5 Å². The zero-order valence-electron chi connectivity index (χ0n) is 19.0. The van der Waals surface area contributed by atoms with Crippen LogP contribution in [-0.4, -0.2) is 25.4 Å². The zero-order valence-corrected chi connectivity index (χ0v) is 19.0. The van der Waals surface area contributed by atoms with Gasteiger partial charge in [-0.25, -0.2) is 9.97 Å². The maximum Gasteiger partial charge on any atom is 0.256 e. The van der Waals surface area contributed by atoms with Crippen LogP contribution in [0.5, 0.6) is 0 Å². The Bertz CT molecular complexity index is 1380. The summed E-state index contributed by atoms with van der Waals surface area (Å²) in [6, 6.07) is 15.6. The maximum atomic E-state index is 13.6. The van der Waals surface area contributed by atoms with Crippen LogP contribution >= 0.6 is 0 Å². The standard InChI is InChI=1S/C26H26N6O2/c1-17(33)29-21-11-12-23(27-16-21)30-26-28-15-20-14-19(13-18-7-3-2-4-8-18)25(34)32(24(20)31-26)22-9-5-6-10-22/h2-4,7-8,11-12,14-16,22H,5-6,9-10,13H2,1H3,(H,29,33)(H,27,28,30,31). The number of carbonyl (C=O) groups is 1. The lowest BCUT2D eigenvalue weighted by Crippen LogP contribution is -2.28. The summed E-state index contributed by atoms with van der Waals surface area (Å²) >= 11 is 0. The number of nitrogens with one attached hydrogen (secondary N) is 2. The molecule has 172 valence electrons. The quantitative estimate of drug-likeness (QED) is 0.442. The molecule has 1 aliphatic carbocycles. The molecule has 0 bridgehead atoms. The SMILES string of the molecule is CC(=O)Nc1ccc(Nc2ncc3cc(Cc4ccccc4)c(=O)n(C4CCCC4)c3n2)nc1. The molecule has 0 radical (unpaired) electrons.